The molecule has 0 amide bonds. The first-order chi connectivity index (χ1) is 8.60. The molecule has 1 fully saturated rings. The summed E-state index contributed by atoms with van der Waals surface area (Å²) in [5.74, 6) is 0.533. The third-order valence-corrected chi connectivity index (χ3v) is 3.54. The fourth-order valence-corrected chi connectivity index (χ4v) is 2.38. The van der Waals surface area contributed by atoms with Crippen LogP contribution in [0.5, 0.6) is 5.88 Å². The van der Waals surface area contributed by atoms with E-state index in [0.29, 0.717) is 17.1 Å². The van der Waals surface area contributed by atoms with E-state index in [9.17, 15) is 5.11 Å². The lowest BCUT2D eigenvalue weighted by atomic mass is 9.97. The minimum atomic E-state index is 0.0445. The summed E-state index contributed by atoms with van der Waals surface area (Å²) in [6.45, 7) is 4.04. The lowest BCUT2D eigenvalue weighted by molar-refractivity contribution is 0.0909. The lowest BCUT2D eigenvalue weighted by Gasteiger charge is -2.33. The Labute approximate surface area is 112 Å². The third-order valence-electron chi connectivity index (χ3n) is 3.16. The number of piperidine rings is 1. The van der Waals surface area contributed by atoms with Crippen LogP contribution in [-0.4, -0.2) is 39.9 Å². The third kappa shape index (κ3) is 3.10. The van der Waals surface area contributed by atoms with Gasteiger partial charge in [0.05, 0.1) is 6.61 Å². The summed E-state index contributed by atoms with van der Waals surface area (Å²) < 4.78 is 5.88. The van der Waals surface area contributed by atoms with Crippen LogP contribution in [0.15, 0.2) is 6.33 Å². The van der Waals surface area contributed by atoms with Crippen LogP contribution in [-0.2, 0) is 0 Å². The number of rotatable bonds is 3. The number of aliphatic hydroxyl groups excluding tert-OH is 1. The molecule has 0 spiro atoms. The second kappa shape index (κ2) is 5.82. The molecular formula is C12H18ClN3O2. The Balaban J connectivity index is 2.06. The zero-order valence-corrected chi connectivity index (χ0v) is 11.3. The quantitative estimate of drug-likeness (QED) is 0.812. The molecule has 0 saturated carbocycles. The maximum Gasteiger partial charge on any atom is 0.221 e. The fourth-order valence-electron chi connectivity index (χ4n) is 2.26. The predicted octanol–water partition coefficient (Wildman–Crippen LogP) is 1.32. The van der Waals surface area contributed by atoms with Gasteiger partial charge in [-0.2, -0.15) is 0 Å². The molecule has 6 heteroatoms. The molecule has 1 aromatic heterocycles. The first-order valence-electron chi connectivity index (χ1n) is 6.10. The van der Waals surface area contributed by atoms with Crippen LogP contribution < -0.4 is 10.1 Å². The van der Waals surface area contributed by atoms with Gasteiger partial charge in [-0.3, -0.25) is 0 Å². The summed E-state index contributed by atoms with van der Waals surface area (Å²) in [4.78, 5) is 8.01. The van der Waals surface area contributed by atoms with E-state index in [2.05, 4.69) is 22.2 Å². The van der Waals surface area contributed by atoms with Crippen molar-refractivity contribution in [3.63, 3.8) is 0 Å². The molecule has 0 aromatic carbocycles. The van der Waals surface area contributed by atoms with E-state index in [1.165, 1.54) is 6.33 Å². The Kier molecular flexibility index (Phi) is 4.37. The van der Waals surface area contributed by atoms with Crippen LogP contribution >= 0.6 is 11.6 Å². The van der Waals surface area contributed by atoms with Crippen LogP contribution in [0.4, 0.5) is 0 Å². The normalized spacial score (nSPS) is 28.1. The highest BCUT2D eigenvalue weighted by atomic mass is 35.5. The van der Waals surface area contributed by atoms with Gasteiger partial charge in [-0.25, -0.2) is 9.97 Å². The van der Waals surface area contributed by atoms with E-state index in [-0.39, 0.29) is 18.8 Å². The minimum Gasteiger partial charge on any atom is -0.474 e. The largest absolute Gasteiger partial charge is 0.474 e. The highest BCUT2D eigenvalue weighted by Gasteiger charge is 2.27. The van der Waals surface area contributed by atoms with Gasteiger partial charge in [0.25, 0.3) is 0 Å². The summed E-state index contributed by atoms with van der Waals surface area (Å²) in [5, 5.41) is 13.0. The molecule has 100 valence electrons. The van der Waals surface area contributed by atoms with E-state index in [4.69, 9.17) is 16.3 Å². The van der Waals surface area contributed by atoms with Crippen molar-refractivity contribution < 1.29 is 9.84 Å². The van der Waals surface area contributed by atoms with Crippen LogP contribution in [0.2, 0.25) is 5.15 Å². The zero-order valence-electron chi connectivity index (χ0n) is 10.6. The van der Waals surface area contributed by atoms with E-state index >= 15 is 0 Å². The van der Waals surface area contributed by atoms with Crippen molar-refractivity contribution >= 4 is 11.6 Å². The molecule has 5 nitrogen and oxygen atoms in total. The van der Waals surface area contributed by atoms with Crippen molar-refractivity contribution in [1.29, 1.82) is 0 Å². The van der Waals surface area contributed by atoms with Crippen molar-refractivity contribution in [3.05, 3.63) is 17.0 Å². The van der Waals surface area contributed by atoms with Crippen molar-refractivity contribution in [2.24, 2.45) is 0 Å². The number of aliphatic hydroxyl groups is 1. The van der Waals surface area contributed by atoms with Crippen molar-refractivity contribution in [1.82, 2.24) is 15.3 Å². The summed E-state index contributed by atoms with van der Waals surface area (Å²) in [6, 6.07) is 0.398. The van der Waals surface area contributed by atoms with E-state index in [1.807, 2.05) is 6.92 Å². The van der Waals surface area contributed by atoms with Gasteiger partial charge in [-0.05, 0) is 20.3 Å². The van der Waals surface area contributed by atoms with Gasteiger partial charge in [0.1, 0.15) is 17.6 Å². The summed E-state index contributed by atoms with van der Waals surface area (Å²) in [5.41, 5.74) is 0.755. The van der Waals surface area contributed by atoms with Gasteiger partial charge in [0, 0.05) is 24.1 Å². The van der Waals surface area contributed by atoms with Crippen molar-refractivity contribution in [2.45, 2.75) is 44.9 Å². The fraction of sp³-hybridized carbons (Fsp3) is 0.667. The molecule has 3 atom stereocenters. The lowest BCUT2D eigenvalue weighted by Crippen LogP contribution is -2.49. The highest BCUT2D eigenvalue weighted by molar-refractivity contribution is 6.30. The Morgan fingerprint density at radius 3 is 3.00 bits per heavy atom. The number of hydrogen-bond donors (Lipinski definition) is 2. The summed E-state index contributed by atoms with van der Waals surface area (Å²) in [6.07, 6.45) is 3.10. The van der Waals surface area contributed by atoms with E-state index in [1.54, 1.807) is 0 Å². The van der Waals surface area contributed by atoms with E-state index < -0.39 is 0 Å². The topological polar surface area (TPSA) is 67.3 Å². The van der Waals surface area contributed by atoms with Gasteiger partial charge in [0.15, 0.2) is 0 Å². The molecule has 2 heterocycles. The van der Waals surface area contributed by atoms with Gasteiger partial charge in [0.2, 0.25) is 5.88 Å². The number of halogens is 1. The van der Waals surface area contributed by atoms with Gasteiger partial charge in [-0.1, -0.05) is 11.6 Å². The second-order valence-corrected chi connectivity index (χ2v) is 5.11. The zero-order chi connectivity index (χ0) is 13.1. The average Bonchev–Trinajstić information content (AvgIpc) is 2.34. The molecule has 3 unspecified atom stereocenters. The molecular weight excluding hydrogens is 254 g/mol. The average molecular weight is 272 g/mol. The van der Waals surface area contributed by atoms with Crippen molar-refractivity contribution in [2.75, 3.05) is 6.61 Å². The number of nitrogens with zero attached hydrogens (tertiary/aromatic N) is 2. The van der Waals surface area contributed by atoms with Gasteiger partial charge >= 0.3 is 0 Å². The highest BCUT2D eigenvalue weighted by Crippen LogP contribution is 2.24. The Bertz CT molecular complexity index is 416. The number of hydrogen-bond acceptors (Lipinski definition) is 5. The molecule has 0 aliphatic carbocycles. The molecule has 1 aromatic rings. The second-order valence-electron chi connectivity index (χ2n) is 4.75. The van der Waals surface area contributed by atoms with Gasteiger partial charge < -0.3 is 15.2 Å². The standard InChI is InChI=1S/C12H18ClN3O2/c1-7-3-10(4-9(5-17)16-7)18-12-8(2)11(13)14-6-15-12/h6-7,9-10,16-17H,3-5H2,1-2H3. The Hall–Kier alpha value is -0.910. The monoisotopic (exact) mass is 271 g/mol. The number of ether oxygens (including phenoxy) is 1. The molecule has 2 rings (SSSR count). The van der Waals surface area contributed by atoms with E-state index in [0.717, 1.165) is 18.4 Å². The maximum absolute atomic E-state index is 9.23. The molecule has 0 bridgehead atoms. The van der Waals surface area contributed by atoms with Crippen molar-refractivity contribution in [3.8, 4) is 5.88 Å². The summed E-state index contributed by atoms with van der Waals surface area (Å²) >= 11 is 5.93. The van der Waals surface area contributed by atoms with Crippen LogP contribution in [0, 0.1) is 6.92 Å². The minimum absolute atomic E-state index is 0.0445. The van der Waals surface area contributed by atoms with Crippen LogP contribution in [0.3, 0.4) is 0 Å². The molecule has 0 radical (unpaired) electrons. The van der Waals surface area contributed by atoms with Crippen LogP contribution in [0.1, 0.15) is 25.3 Å². The Morgan fingerprint density at radius 1 is 1.50 bits per heavy atom. The molecule has 1 aliphatic heterocycles. The number of aromatic nitrogens is 2. The van der Waals surface area contributed by atoms with Gasteiger partial charge in [-0.15, -0.1) is 0 Å². The molecule has 1 aliphatic rings. The smallest absolute Gasteiger partial charge is 0.221 e. The first kappa shape index (κ1) is 13.5. The summed E-state index contributed by atoms with van der Waals surface area (Å²) in [7, 11) is 0. The molecule has 18 heavy (non-hydrogen) atoms. The molecule has 1 saturated heterocycles. The first-order valence-corrected chi connectivity index (χ1v) is 6.48. The SMILES string of the molecule is Cc1c(Cl)ncnc1OC1CC(C)NC(CO)C1. The Morgan fingerprint density at radius 2 is 2.28 bits per heavy atom. The predicted molar refractivity (Wildman–Crippen MR) is 68.9 cm³/mol. The maximum atomic E-state index is 9.23. The van der Waals surface area contributed by atoms with Crippen LogP contribution in [0.25, 0.3) is 0 Å². The molecule has 2 N–H and O–H groups in total. The number of nitrogens with one attached hydrogen (secondary N) is 1.